The van der Waals surface area contributed by atoms with Crippen molar-refractivity contribution in [3.8, 4) is 0 Å². The summed E-state index contributed by atoms with van der Waals surface area (Å²) < 4.78 is 28.2. The fraction of sp³-hybridized carbons (Fsp3) is 0.667. The van der Waals surface area contributed by atoms with Gasteiger partial charge in [0.15, 0.2) is 0 Å². The summed E-state index contributed by atoms with van der Waals surface area (Å²) in [6.07, 6.45) is 4.73. The number of sulfonamides is 1. The fourth-order valence-corrected chi connectivity index (χ4v) is 5.03. The van der Waals surface area contributed by atoms with E-state index in [0.717, 1.165) is 48.3 Å². The molecule has 1 aliphatic rings. The molecule has 0 unspecified atom stereocenters. The van der Waals surface area contributed by atoms with Gasteiger partial charge < -0.3 is 4.90 Å². The van der Waals surface area contributed by atoms with Crippen LogP contribution in [0.15, 0.2) is 11.0 Å². The summed E-state index contributed by atoms with van der Waals surface area (Å²) in [5, 5.41) is 0. The monoisotopic (exact) mass is 338 g/mol. The van der Waals surface area contributed by atoms with Gasteiger partial charge in [-0.3, -0.25) is 0 Å². The van der Waals surface area contributed by atoms with Gasteiger partial charge in [-0.15, -0.1) is 0 Å². The molecule has 0 amide bonds. The quantitative estimate of drug-likeness (QED) is 0.811. The molecule has 0 aliphatic carbocycles. The maximum Gasteiger partial charge on any atom is 0.241 e. The Morgan fingerprint density at radius 3 is 2.13 bits per heavy atom. The Labute approximate surface area is 141 Å². The topological polar surface area (TPSA) is 49.4 Å². The molecule has 1 N–H and O–H groups in total. The number of benzene rings is 1. The molecule has 0 spiro atoms. The number of piperidine rings is 1. The van der Waals surface area contributed by atoms with E-state index in [4.69, 9.17) is 0 Å². The maximum absolute atomic E-state index is 12.7. The van der Waals surface area contributed by atoms with Crippen molar-refractivity contribution in [2.75, 3.05) is 26.2 Å². The van der Waals surface area contributed by atoms with Gasteiger partial charge in [0, 0.05) is 6.54 Å². The second-order valence-electron chi connectivity index (χ2n) is 6.74. The number of aryl methyl sites for hydroxylation is 2. The van der Waals surface area contributed by atoms with Crippen molar-refractivity contribution in [2.24, 2.45) is 0 Å². The molecule has 1 aromatic carbocycles. The number of nitrogens with one attached hydrogen (secondary N) is 1. The molecule has 1 saturated heterocycles. The second kappa shape index (κ2) is 7.77. The zero-order valence-corrected chi connectivity index (χ0v) is 15.7. The van der Waals surface area contributed by atoms with Crippen LogP contribution in [0.3, 0.4) is 0 Å². The lowest BCUT2D eigenvalue weighted by Crippen LogP contribution is -2.33. The molecular weight excluding hydrogens is 308 g/mol. The number of likely N-dealkylation sites (tertiary alicyclic amines) is 1. The first-order chi connectivity index (χ1) is 10.8. The van der Waals surface area contributed by atoms with Crippen LogP contribution in [0.2, 0.25) is 0 Å². The Balaban J connectivity index is 1.99. The van der Waals surface area contributed by atoms with Crippen molar-refractivity contribution in [2.45, 2.75) is 58.3 Å². The lowest BCUT2D eigenvalue weighted by molar-refractivity contribution is 0.227. The normalized spacial score (nSPS) is 16.7. The smallest absolute Gasteiger partial charge is 0.241 e. The van der Waals surface area contributed by atoms with E-state index < -0.39 is 10.0 Å². The first-order valence-electron chi connectivity index (χ1n) is 8.62. The summed E-state index contributed by atoms with van der Waals surface area (Å²) >= 11 is 0. The summed E-state index contributed by atoms with van der Waals surface area (Å²) in [4.78, 5) is 2.90. The summed E-state index contributed by atoms with van der Waals surface area (Å²) in [6.45, 7) is 11.5. The summed E-state index contributed by atoms with van der Waals surface area (Å²) in [5.74, 6) is 0. The van der Waals surface area contributed by atoms with Crippen LogP contribution < -0.4 is 4.72 Å². The summed E-state index contributed by atoms with van der Waals surface area (Å²) in [6, 6.07) is 2.06. The minimum absolute atomic E-state index is 0.466. The highest BCUT2D eigenvalue weighted by molar-refractivity contribution is 7.89. The van der Waals surface area contributed by atoms with Crippen molar-refractivity contribution in [1.82, 2.24) is 9.62 Å². The average Bonchev–Trinajstić information content (AvgIpc) is 2.51. The first kappa shape index (κ1) is 18.4. The van der Waals surface area contributed by atoms with Crippen LogP contribution in [0.1, 0.15) is 47.9 Å². The molecule has 0 saturated carbocycles. The van der Waals surface area contributed by atoms with Gasteiger partial charge in [-0.2, -0.15) is 0 Å². The van der Waals surface area contributed by atoms with Crippen molar-refractivity contribution in [3.63, 3.8) is 0 Å². The molecule has 1 heterocycles. The van der Waals surface area contributed by atoms with Crippen molar-refractivity contribution < 1.29 is 8.42 Å². The third kappa shape index (κ3) is 4.55. The molecule has 1 aromatic rings. The molecule has 130 valence electrons. The van der Waals surface area contributed by atoms with Crippen LogP contribution in [0.5, 0.6) is 0 Å². The largest absolute Gasteiger partial charge is 0.303 e. The second-order valence-corrected chi connectivity index (χ2v) is 8.45. The third-order valence-electron chi connectivity index (χ3n) is 4.96. The van der Waals surface area contributed by atoms with Gasteiger partial charge in [-0.25, -0.2) is 13.1 Å². The van der Waals surface area contributed by atoms with Gasteiger partial charge in [-0.05, 0) is 88.8 Å². The third-order valence-corrected chi connectivity index (χ3v) is 6.69. The summed E-state index contributed by atoms with van der Waals surface area (Å²) in [7, 11) is -3.44. The van der Waals surface area contributed by atoms with E-state index >= 15 is 0 Å². The minimum Gasteiger partial charge on any atom is -0.303 e. The van der Waals surface area contributed by atoms with Gasteiger partial charge in [0.1, 0.15) is 0 Å². The van der Waals surface area contributed by atoms with Crippen LogP contribution in [0.4, 0.5) is 0 Å². The lowest BCUT2D eigenvalue weighted by atomic mass is 10.0. The number of nitrogens with zero attached hydrogens (tertiary/aromatic N) is 1. The van der Waals surface area contributed by atoms with Gasteiger partial charge in [0.05, 0.1) is 4.90 Å². The molecule has 1 fully saturated rings. The highest BCUT2D eigenvalue weighted by Crippen LogP contribution is 2.25. The number of rotatable bonds is 6. The van der Waals surface area contributed by atoms with E-state index in [1.54, 1.807) is 0 Å². The van der Waals surface area contributed by atoms with Crippen molar-refractivity contribution in [1.29, 1.82) is 0 Å². The average molecular weight is 339 g/mol. The van der Waals surface area contributed by atoms with Crippen LogP contribution in [-0.4, -0.2) is 39.5 Å². The molecule has 0 radical (unpaired) electrons. The molecule has 5 heteroatoms. The van der Waals surface area contributed by atoms with Crippen molar-refractivity contribution in [3.05, 3.63) is 28.3 Å². The van der Waals surface area contributed by atoms with Gasteiger partial charge in [0.2, 0.25) is 10.0 Å². The molecule has 0 atom stereocenters. The standard InChI is InChI=1S/C18H30N2O2S/c1-14-13-15(2)17(4)18(16(14)3)23(21,22)19-9-8-12-20-10-6-5-7-11-20/h13,19H,5-12H2,1-4H3. The molecule has 4 nitrogen and oxygen atoms in total. The van der Waals surface area contributed by atoms with E-state index in [1.807, 2.05) is 27.7 Å². The molecule has 0 bridgehead atoms. The summed E-state index contributed by atoms with van der Waals surface area (Å²) in [5.41, 5.74) is 3.77. The van der Waals surface area contributed by atoms with Crippen LogP contribution in [0.25, 0.3) is 0 Å². The molecule has 1 aliphatic heterocycles. The molecular formula is C18H30N2O2S. The van der Waals surface area contributed by atoms with E-state index in [9.17, 15) is 8.42 Å². The lowest BCUT2D eigenvalue weighted by Gasteiger charge is -2.26. The van der Waals surface area contributed by atoms with E-state index in [2.05, 4.69) is 15.7 Å². The predicted molar refractivity (Wildman–Crippen MR) is 95.5 cm³/mol. The van der Waals surface area contributed by atoms with E-state index in [0.29, 0.717) is 11.4 Å². The molecule has 0 aromatic heterocycles. The van der Waals surface area contributed by atoms with Crippen LogP contribution in [-0.2, 0) is 10.0 Å². The van der Waals surface area contributed by atoms with Crippen LogP contribution >= 0.6 is 0 Å². The van der Waals surface area contributed by atoms with Gasteiger partial charge in [-0.1, -0.05) is 12.5 Å². The van der Waals surface area contributed by atoms with Gasteiger partial charge >= 0.3 is 0 Å². The Morgan fingerprint density at radius 1 is 1.00 bits per heavy atom. The Morgan fingerprint density at radius 2 is 1.57 bits per heavy atom. The molecule has 23 heavy (non-hydrogen) atoms. The maximum atomic E-state index is 12.7. The fourth-order valence-electron chi connectivity index (χ4n) is 3.35. The zero-order valence-electron chi connectivity index (χ0n) is 14.9. The zero-order chi connectivity index (χ0) is 17.0. The van der Waals surface area contributed by atoms with Gasteiger partial charge in [0.25, 0.3) is 0 Å². The highest BCUT2D eigenvalue weighted by atomic mass is 32.2. The van der Waals surface area contributed by atoms with Crippen LogP contribution in [0, 0.1) is 27.7 Å². The SMILES string of the molecule is Cc1cc(C)c(C)c(S(=O)(=O)NCCCN2CCCCC2)c1C. The molecule has 2 rings (SSSR count). The Kier molecular flexibility index (Phi) is 6.23. The van der Waals surface area contributed by atoms with E-state index in [-0.39, 0.29) is 0 Å². The first-order valence-corrected chi connectivity index (χ1v) is 10.1. The highest BCUT2D eigenvalue weighted by Gasteiger charge is 2.21. The minimum atomic E-state index is -3.44. The van der Waals surface area contributed by atoms with E-state index in [1.165, 1.54) is 19.3 Å². The number of hydrogen-bond donors (Lipinski definition) is 1. The Bertz CT molecular complexity index is 621. The number of hydrogen-bond acceptors (Lipinski definition) is 3. The van der Waals surface area contributed by atoms with Crippen molar-refractivity contribution >= 4 is 10.0 Å². The predicted octanol–water partition coefficient (Wildman–Crippen LogP) is 3.07. The Hall–Kier alpha value is -0.910.